The molecule has 0 aliphatic rings. The van der Waals surface area contributed by atoms with Crippen LogP contribution in [-0.2, 0) is 0 Å². The number of carbonyl (C=O) groups excluding carboxylic acids is 1. The van der Waals surface area contributed by atoms with Crippen LogP contribution in [0.1, 0.15) is 41.1 Å². The summed E-state index contributed by atoms with van der Waals surface area (Å²) in [4.78, 5) is 20.1. The van der Waals surface area contributed by atoms with Gasteiger partial charge in [0.05, 0.1) is 22.6 Å². The highest BCUT2D eigenvalue weighted by Crippen LogP contribution is 2.21. The second-order valence-electron chi connectivity index (χ2n) is 5.42. The van der Waals surface area contributed by atoms with Crippen LogP contribution in [0.2, 0.25) is 0 Å². The average molecular weight is 320 g/mol. The van der Waals surface area contributed by atoms with Gasteiger partial charge in [0.2, 0.25) is 0 Å². The largest absolute Gasteiger partial charge is 0.507 e. The van der Waals surface area contributed by atoms with Crippen LogP contribution < -0.4 is 5.32 Å². The first kappa shape index (κ1) is 15.6. The number of fused-ring (bicyclic) bond motifs is 1. The van der Waals surface area contributed by atoms with Gasteiger partial charge < -0.3 is 15.4 Å². The number of carbonyl (C=O) groups is 1. The van der Waals surface area contributed by atoms with Gasteiger partial charge in [-0.2, -0.15) is 5.26 Å². The van der Waals surface area contributed by atoms with E-state index in [-0.39, 0.29) is 23.3 Å². The molecular formula is C18H16N4O2. The predicted octanol–water partition coefficient (Wildman–Crippen LogP) is 3.02. The number of amides is 1. The number of aromatic amines is 1. The topological polar surface area (TPSA) is 102 Å². The zero-order valence-corrected chi connectivity index (χ0v) is 13.1. The Morgan fingerprint density at radius 1 is 1.38 bits per heavy atom. The summed E-state index contributed by atoms with van der Waals surface area (Å²) in [5.41, 5.74) is 2.18. The van der Waals surface area contributed by atoms with Crippen LogP contribution >= 0.6 is 0 Å². The number of aromatic nitrogens is 2. The van der Waals surface area contributed by atoms with Crippen molar-refractivity contribution in [1.82, 2.24) is 15.3 Å². The van der Waals surface area contributed by atoms with Crippen LogP contribution in [0.25, 0.3) is 11.0 Å². The van der Waals surface area contributed by atoms with E-state index >= 15 is 0 Å². The molecule has 3 aromatic rings. The number of aromatic hydroxyl groups is 1. The number of para-hydroxylation sites is 2. The second-order valence-corrected chi connectivity index (χ2v) is 5.42. The highest BCUT2D eigenvalue weighted by molar-refractivity contribution is 5.95. The first-order valence-corrected chi connectivity index (χ1v) is 7.61. The molecule has 0 saturated heterocycles. The zero-order chi connectivity index (χ0) is 17.1. The molecule has 1 heterocycles. The molecule has 0 bridgehead atoms. The number of hydrogen-bond donors (Lipinski definition) is 3. The molecule has 120 valence electrons. The molecule has 3 N–H and O–H groups in total. The molecule has 24 heavy (non-hydrogen) atoms. The van der Waals surface area contributed by atoms with Crippen molar-refractivity contribution >= 4 is 16.9 Å². The van der Waals surface area contributed by atoms with Crippen LogP contribution in [0, 0.1) is 11.3 Å². The minimum Gasteiger partial charge on any atom is -0.507 e. The second kappa shape index (κ2) is 6.42. The number of H-pyrrole nitrogens is 1. The first-order valence-electron chi connectivity index (χ1n) is 7.61. The predicted molar refractivity (Wildman–Crippen MR) is 89.4 cm³/mol. The number of nitrogens with zero attached hydrogens (tertiary/aromatic N) is 2. The molecule has 0 radical (unpaired) electrons. The van der Waals surface area contributed by atoms with Gasteiger partial charge in [0, 0.05) is 5.56 Å². The molecule has 0 unspecified atom stereocenters. The fourth-order valence-corrected chi connectivity index (χ4v) is 2.51. The molecule has 0 spiro atoms. The van der Waals surface area contributed by atoms with E-state index in [4.69, 9.17) is 5.26 Å². The van der Waals surface area contributed by atoms with Gasteiger partial charge in [0.1, 0.15) is 17.6 Å². The summed E-state index contributed by atoms with van der Waals surface area (Å²) in [7, 11) is 0. The van der Waals surface area contributed by atoms with Crippen LogP contribution in [0.4, 0.5) is 0 Å². The monoisotopic (exact) mass is 320 g/mol. The molecule has 0 aliphatic carbocycles. The van der Waals surface area contributed by atoms with Crippen molar-refractivity contribution in [1.29, 1.82) is 5.26 Å². The maximum absolute atomic E-state index is 12.4. The van der Waals surface area contributed by atoms with E-state index in [2.05, 4.69) is 15.3 Å². The van der Waals surface area contributed by atoms with Crippen molar-refractivity contribution < 1.29 is 9.90 Å². The lowest BCUT2D eigenvalue weighted by Gasteiger charge is -2.15. The number of rotatable bonds is 4. The Hall–Kier alpha value is -3.33. The summed E-state index contributed by atoms with van der Waals surface area (Å²) in [6, 6.07) is 13.5. The standard InChI is InChI=1S/C18H16N4O2/c1-2-13(17-20-14-5-3-4-6-15(14)21-17)22-18(24)11-7-8-12(10-19)16(23)9-11/h3-9,13,23H,2H2,1H3,(H,20,21)(H,22,24)/t13-/m0/s1. The van der Waals surface area contributed by atoms with E-state index in [1.165, 1.54) is 18.2 Å². The lowest BCUT2D eigenvalue weighted by atomic mass is 10.1. The smallest absolute Gasteiger partial charge is 0.252 e. The minimum absolute atomic E-state index is 0.135. The maximum Gasteiger partial charge on any atom is 0.252 e. The van der Waals surface area contributed by atoms with Crippen LogP contribution in [-0.4, -0.2) is 21.0 Å². The summed E-state index contributed by atoms with van der Waals surface area (Å²) in [5.74, 6) is 0.147. The van der Waals surface area contributed by atoms with E-state index in [0.717, 1.165) is 11.0 Å². The fourth-order valence-electron chi connectivity index (χ4n) is 2.51. The lowest BCUT2D eigenvalue weighted by Crippen LogP contribution is -2.28. The van der Waals surface area contributed by atoms with Crippen LogP contribution in [0.3, 0.4) is 0 Å². The molecule has 1 amide bonds. The highest BCUT2D eigenvalue weighted by atomic mass is 16.3. The average Bonchev–Trinajstić information content (AvgIpc) is 3.03. The Morgan fingerprint density at radius 2 is 2.17 bits per heavy atom. The SMILES string of the molecule is CC[C@H](NC(=O)c1ccc(C#N)c(O)c1)c1nc2ccccc2[nH]1. The quantitative estimate of drug-likeness (QED) is 0.687. The Morgan fingerprint density at radius 3 is 2.83 bits per heavy atom. The van der Waals surface area contributed by atoms with Crippen molar-refractivity contribution in [3.63, 3.8) is 0 Å². The van der Waals surface area contributed by atoms with Gasteiger partial charge >= 0.3 is 0 Å². The molecule has 0 fully saturated rings. The van der Waals surface area contributed by atoms with Crippen molar-refractivity contribution in [2.45, 2.75) is 19.4 Å². The lowest BCUT2D eigenvalue weighted by molar-refractivity contribution is 0.0933. The minimum atomic E-state index is -0.331. The van der Waals surface area contributed by atoms with Gasteiger partial charge in [-0.25, -0.2) is 4.98 Å². The number of hydrogen-bond acceptors (Lipinski definition) is 4. The van der Waals surface area contributed by atoms with Gasteiger partial charge in [-0.15, -0.1) is 0 Å². The van der Waals surface area contributed by atoms with Crippen molar-refractivity contribution in [3.8, 4) is 11.8 Å². The molecule has 1 atom stereocenters. The third-order valence-electron chi connectivity index (χ3n) is 3.83. The third-order valence-corrected chi connectivity index (χ3v) is 3.83. The highest BCUT2D eigenvalue weighted by Gasteiger charge is 2.18. The van der Waals surface area contributed by atoms with E-state index in [1.807, 2.05) is 37.3 Å². The molecule has 0 saturated carbocycles. The molecule has 1 aromatic heterocycles. The van der Waals surface area contributed by atoms with Gasteiger partial charge in [-0.1, -0.05) is 19.1 Å². The number of phenolic OH excluding ortho intramolecular Hbond substituents is 1. The van der Waals surface area contributed by atoms with Crippen LogP contribution in [0.5, 0.6) is 5.75 Å². The normalized spacial score (nSPS) is 11.8. The van der Waals surface area contributed by atoms with E-state index < -0.39 is 0 Å². The van der Waals surface area contributed by atoms with Crippen molar-refractivity contribution in [2.24, 2.45) is 0 Å². The van der Waals surface area contributed by atoms with E-state index in [1.54, 1.807) is 0 Å². The van der Waals surface area contributed by atoms with Gasteiger partial charge in [-0.05, 0) is 36.8 Å². The summed E-state index contributed by atoms with van der Waals surface area (Å²) in [6.45, 7) is 1.95. The summed E-state index contributed by atoms with van der Waals surface area (Å²) in [6.07, 6.45) is 0.661. The molecule has 2 aromatic carbocycles. The van der Waals surface area contributed by atoms with Crippen molar-refractivity contribution in [3.05, 3.63) is 59.4 Å². The summed E-state index contributed by atoms with van der Waals surface area (Å²) >= 11 is 0. The van der Waals surface area contributed by atoms with Gasteiger partial charge in [0.15, 0.2) is 0 Å². The summed E-state index contributed by atoms with van der Waals surface area (Å²) < 4.78 is 0. The molecule has 3 rings (SSSR count). The Balaban J connectivity index is 1.83. The number of imidazole rings is 1. The van der Waals surface area contributed by atoms with Gasteiger partial charge in [-0.3, -0.25) is 4.79 Å². The molecule has 0 aliphatic heterocycles. The van der Waals surface area contributed by atoms with E-state index in [9.17, 15) is 9.90 Å². The Kier molecular flexibility index (Phi) is 4.17. The zero-order valence-electron chi connectivity index (χ0n) is 13.1. The van der Waals surface area contributed by atoms with E-state index in [0.29, 0.717) is 17.8 Å². The number of phenols is 1. The van der Waals surface area contributed by atoms with Crippen molar-refractivity contribution in [2.75, 3.05) is 0 Å². The Bertz CT molecular complexity index is 907. The summed E-state index contributed by atoms with van der Waals surface area (Å²) in [5, 5.41) is 21.4. The molecule has 6 nitrogen and oxygen atoms in total. The number of nitriles is 1. The first-order chi connectivity index (χ1) is 11.6. The third kappa shape index (κ3) is 2.92. The molecular weight excluding hydrogens is 304 g/mol. The van der Waals surface area contributed by atoms with Gasteiger partial charge in [0.25, 0.3) is 5.91 Å². The fraction of sp³-hybridized carbons (Fsp3) is 0.167. The van der Waals surface area contributed by atoms with Crippen LogP contribution in [0.15, 0.2) is 42.5 Å². The number of benzene rings is 2. The number of nitrogens with one attached hydrogen (secondary N) is 2. The molecule has 6 heteroatoms. The maximum atomic E-state index is 12.4. The Labute approximate surface area is 138 Å².